The topological polar surface area (TPSA) is 53.1 Å². The van der Waals surface area contributed by atoms with Crippen LogP contribution >= 0.6 is 11.6 Å². The molecule has 1 aliphatic rings. The van der Waals surface area contributed by atoms with Gasteiger partial charge in [-0.2, -0.15) is 18.2 Å². The first-order valence-electron chi connectivity index (χ1n) is 11.0. The summed E-state index contributed by atoms with van der Waals surface area (Å²) in [6.07, 6.45) is -0.728. The predicted molar refractivity (Wildman–Crippen MR) is 134 cm³/mol. The summed E-state index contributed by atoms with van der Waals surface area (Å²) < 4.78 is 39.0. The van der Waals surface area contributed by atoms with Crippen molar-refractivity contribution >= 4 is 34.3 Å². The van der Waals surface area contributed by atoms with Gasteiger partial charge in [-0.3, -0.25) is 0 Å². The molecule has 0 atom stereocenters. The van der Waals surface area contributed by atoms with Crippen molar-refractivity contribution in [2.75, 3.05) is 24.3 Å². The molecular weight excluding hydrogens is 463 g/mol. The Morgan fingerprint density at radius 3 is 2.35 bits per heavy atom. The summed E-state index contributed by atoms with van der Waals surface area (Å²) in [4.78, 5) is 11.4. The SMILES string of the molecule is C.CN(C)c1nc(NC2CCC(NCc3cc(C(F)(F)F)ccc3Cl)CC2)nc2ccccc12. The van der Waals surface area contributed by atoms with E-state index < -0.39 is 11.7 Å². The second kappa shape index (κ2) is 10.8. The molecule has 4 rings (SSSR count). The Morgan fingerprint density at radius 1 is 1.00 bits per heavy atom. The van der Waals surface area contributed by atoms with Crippen LogP contribution in [0.2, 0.25) is 5.02 Å². The molecule has 1 saturated carbocycles. The van der Waals surface area contributed by atoms with E-state index in [4.69, 9.17) is 16.6 Å². The van der Waals surface area contributed by atoms with Crippen LogP contribution in [-0.2, 0) is 12.7 Å². The molecule has 1 fully saturated rings. The molecule has 1 heterocycles. The Morgan fingerprint density at radius 2 is 1.68 bits per heavy atom. The van der Waals surface area contributed by atoms with Crippen molar-refractivity contribution in [1.29, 1.82) is 0 Å². The number of halogens is 4. The number of fused-ring (bicyclic) bond motifs is 1. The summed E-state index contributed by atoms with van der Waals surface area (Å²) >= 11 is 6.12. The van der Waals surface area contributed by atoms with E-state index in [1.54, 1.807) is 0 Å². The summed E-state index contributed by atoms with van der Waals surface area (Å²) in [6.45, 7) is 0.311. The first-order chi connectivity index (χ1) is 15.7. The van der Waals surface area contributed by atoms with E-state index in [1.807, 2.05) is 43.3 Å². The van der Waals surface area contributed by atoms with Gasteiger partial charge in [0.05, 0.1) is 11.1 Å². The lowest BCUT2D eigenvalue weighted by molar-refractivity contribution is -0.137. The summed E-state index contributed by atoms with van der Waals surface area (Å²) in [5.74, 6) is 1.49. The van der Waals surface area contributed by atoms with Crippen molar-refractivity contribution < 1.29 is 13.2 Å². The Hall–Kier alpha value is -2.58. The molecule has 9 heteroatoms. The highest BCUT2D eigenvalue weighted by molar-refractivity contribution is 6.31. The molecule has 0 radical (unpaired) electrons. The third-order valence-electron chi connectivity index (χ3n) is 6.02. The summed E-state index contributed by atoms with van der Waals surface area (Å²) in [6, 6.07) is 11.9. The van der Waals surface area contributed by atoms with Crippen LogP contribution in [0.25, 0.3) is 10.9 Å². The quantitative estimate of drug-likeness (QED) is 0.409. The lowest BCUT2D eigenvalue weighted by Gasteiger charge is -2.30. The van der Waals surface area contributed by atoms with Crippen molar-refractivity contribution in [3.8, 4) is 0 Å². The van der Waals surface area contributed by atoms with E-state index in [2.05, 4.69) is 15.6 Å². The Labute approximate surface area is 203 Å². The van der Waals surface area contributed by atoms with Crippen LogP contribution in [0.5, 0.6) is 0 Å². The fourth-order valence-corrected chi connectivity index (χ4v) is 4.41. The number of para-hydroxylation sites is 1. The molecule has 0 aliphatic heterocycles. The van der Waals surface area contributed by atoms with Gasteiger partial charge in [0, 0.05) is 43.1 Å². The van der Waals surface area contributed by atoms with Gasteiger partial charge in [0.1, 0.15) is 5.82 Å². The van der Waals surface area contributed by atoms with E-state index in [9.17, 15) is 13.2 Å². The fraction of sp³-hybridized carbons (Fsp3) is 0.440. The standard InChI is InChI=1S/C24H27ClF3N5.CH4/c1-33(2)22-19-5-3-4-6-21(19)31-23(32-22)30-18-10-8-17(9-11-18)29-14-15-13-16(24(26,27)28)7-12-20(15)25;/h3-7,12-13,17-18,29H,8-11,14H2,1-2H3,(H,30,31,32);1H4. The Bertz CT molecular complexity index is 1110. The zero-order valence-corrected chi connectivity index (χ0v) is 19.3. The zero-order valence-electron chi connectivity index (χ0n) is 18.6. The first kappa shape index (κ1) is 26.0. The number of aromatic nitrogens is 2. The number of rotatable bonds is 6. The second-order valence-electron chi connectivity index (χ2n) is 8.66. The average Bonchev–Trinajstić information content (AvgIpc) is 2.78. The van der Waals surface area contributed by atoms with Crippen LogP contribution in [0.3, 0.4) is 0 Å². The minimum atomic E-state index is -4.37. The number of nitrogens with zero attached hydrogens (tertiary/aromatic N) is 3. The van der Waals surface area contributed by atoms with E-state index >= 15 is 0 Å². The van der Waals surface area contributed by atoms with E-state index in [0.29, 0.717) is 23.1 Å². The molecule has 184 valence electrons. The minimum Gasteiger partial charge on any atom is -0.362 e. The zero-order chi connectivity index (χ0) is 23.6. The molecule has 5 nitrogen and oxygen atoms in total. The van der Waals surface area contributed by atoms with Crippen molar-refractivity contribution in [3.63, 3.8) is 0 Å². The molecule has 3 aromatic rings. The number of nitrogens with one attached hydrogen (secondary N) is 2. The number of alkyl halides is 3. The third-order valence-corrected chi connectivity index (χ3v) is 6.39. The van der Waals surface area contributed by atoms with Gasteiger partial charge >= 0.3 is 6.18 Å². The number of benzene rings is 2. The minimum absolute atomic E-state index is 0. The summed E-state index contributed by atoms with van der Waals surface area (Å²) in [5, 5.41) is 8.20. The van der Waals surface area contributed by atoms with Gasteiger partial charge in [-0.05, 0) is 61.6 Å². The molecule has 0 unspecified atom stereocenters. The summed E-state index contributed by atoms with van der Waals surface area (Å²) in [5.41, 5.74) is 0.684. The highest BCUT2D eigenvalue weighted by atomic mass is 35.5. The second-order valence-corrected chi connectivity index (χ2v) is 9.07. The monoisotopic (exact) mass is 493 g/mol. The predicted octanol–water partition coefficient (Wildman–Crippen LogP) is 6.52. The van der Waals surface area contributed by atoms with Gasteiger partial charge in [0.15, 0.2) is 0 Å². The van der Waals surface area contributed by atoms with E-state index in [-0.39, 0.29) is 19.5 Å². The number of hydrogen-bond donors (Lipinski definition) is 2. The van der Waals surface area contributed by atoms with Crippen LogP contribution in [0.15, 0.2) is 42.5 Å². The van der Waals surface area contributed by atoms with Gasteiger partial charge in [0.25, 0.3) is 0 Å². The average molecular weight is 494 g/mol. The van der Waals surface area contributed by atoms with Crippen molar-refractivity contribution in [2.24, 2.45) is 0 Å². The van der Waals surface area contributed by atoms with Crippen molar-refractivity contribution in [1.82, 2.24) is 15.3 Å². The van der Waals surface area contributed by atoms with Crippen LogP contribution in [0, 0.1) is 0 Å². The maximum atomic E-state index is 13.0. The smallest absolute Gasteiger partial charge is 0.362 e. The Kier molecular flexibility index (Phi) is 8.25. The normalized spacial score (nSPS) is 18.4. The van der Waals surface area contributed by atoms with Crippen molar-refractivity contribution in [3.05, 3.63) is 58.6 Å². The first-order valence-corrected chi connectivity index (χ1v) is 11.4. The van der Waals surface area contributed by atoms with Crippen LogP contribution in [0.4, 0.5) is 24.9 Å². The number of hydrogen-bond acceptors (Lipinski definition) is 5. The van der Waals surface area contributed by atoms with Gasteiger partial charge in [-0.1, -0.05) is 31.2 Å². The van der Waals surface area contributed by atoms with Gasteiger partial charge in [0.2, 0.25) is 5.95 Å². The lowest BCUT2D eigenvalue weighted by Crippen LogP contribution is -2.37. The Balaban J connectivity index is 0.00000324. The molecular formula is C25H31ClF3N5. The molecule has 2 N–H and O–H groups in total. The maximum Gasteiger partial charge on any atom is 0.416 e. The van der Waals surface area contributed by atoms with E-state index in [1.165, 1.54) is 6.07 Å². The molecule has 0 saturated heterocycles. The highest BCUT2D eigenvalue weighted by Gasteiger charge is 2.31. The van der Waals surface area contributed by atoms with Crippen LogP contribution in [-0.4, -0.2) is 36.1 Å². The summed E-state index contributed by atoms with van der Waals surface area (Å²) in [7, 11) is 3.93. The van der Waals surface area contributed by atoms with Gasteiger partial charge < -0.3 is 15.5 Å². The van der Waals surface area contributed by atoms with Gasteiger partial charge in [-0.25, -0.2) is 4.98 Å². The third kappa shape index (κ3) is 6.10. The number of anilines is 2. The largest absolute Gasteiger partial charge is 0.416 e. The lowest BCUT2D eigenvalue weighted by atomic mass is 9.91. The fourth-order valence-electron chi connectivity index (χ4n) is 4.23. The molecule has 0 spiro atoms. The van der Waals surface area contributed by atoms with Crippen molar-refractivity contribution in [2.45, 2.75) is 57.9 Å². The molecule has 2 aromatic carbocycles. The molecule has 1 aromatic heterocycles. The molecule has 34 heavy (non-hydrogen) atoms. The molecule has 1 aliphatic carbocycles. The highest BCUT2D eigenvalue weighted by Crippen LogP contribution is 2.32. The maximum absolute atomic E-state index is 13.0. The van der Waals surface area contributed by atoms with Gasteiger partial charge in [-0.15, -0.1) is 0 Å². The van der Waals surface area contributed by atoms with E-state index in [0.717, 1.165) is 54.5 Å². The van der Waals surface area contributed by atoms with Crippen LogP contribution < -0.4 is 15.5 Å². The molecule has 0 bridgehead atoms. The van der Waals surface area contributed by atoms with Crippen LogP contribution in [0.1, 0.15) is 44.2 Å². The molecule has 0 amide bonds.